The molecule has 0 saturated carbocycles. The quantitative estimate of drug-likeness (QED) is 0.759. The zero-order valence-corrected chi connectivity index (χ0v) is 14.2. The van der Waals surface area contributed by atoms with Gasteiger partial charge in [-0.1, -0.05) is 0 Å². The number of hydroxylamine groups is 2. The van der Waals surface area contributed by atoms with Gasteiger partial charge in [0.25, 0.3) is 0 Å². The smallest absolute Gasteiger partial charge is 0.351 e. The lowest BCUT2D eigenvalue weighted by Gasteiger charge is -2.16. The molecular formula is C17H20N6O2. The minimum absolute atomic E-state index is 0.180. The number of H-pyrrole nitrogens is 1. The van der Waals surface area contributed by atoms with Gasteiger partial charge in [0.15, 0.2) is 0 Å². The monoisotopic (exact) mass is 340 g/mol. The van der Waals surface area contributed by atoms with Crippen LogP contribution in [0.25, 0.3) is 21.9 Å². The second-order valence-electron chi connectivity index (χ2n) is 6.20. The SMILES string of the molecule is CCNC(=O)ON1CCC(c2nc(C)nc3cnc4[nH]ccc4c23)C1. The summed E-state index contributed by atoms with van der Waals surface area (Å²) in [5.74, 6) is 0.904. The van der Waals surface area contributed by atoms with E-state index < -0.39 is 6.09 Å². The predicted octanol–water partition coefficient (Wildman–Crippen LogP) is 2.26. The third kappa shape index (κ3) is 2.89. The van der Waals surface area contributed by atoms with Crippen LogP contribution < -0.4 is 5.32 Å². The van der Waals surface area contributed by atoms with E-state index in [4.69, 9.17) is 9.82 Å². The van der Waals surface area contributed by atoms with E-state index in [1.807, 2.05) is 26.1 Å². The van der Waals surface area contributed by atoms with Gasteiger partial charge in [0, 0.05) is 42.5 Å². The highest BCUT2D eigenvalue weighted by molar-refractivity contribution is 6.04. The van der Waals surface area contributed by atoms with Crippen LogP contribution in [-0.4, -0.2) is 50.7 Å². The number of aromatic nitrogens is 4. The molecule has 4 heterocycles. The zero-order chi connectivity index (χ0) is 17.4. The molecule has 1 atom stereocenters. The molecule has 25 heavy (non-hydrogen) atoms. The van der Waals surface area contributed by atoms with Crippen molar-refractivity contribution in [2.45, 2.75) is 26.2 Å². The van der Waals surface area contributed by atoms with Crippen molar-refractivity contribution in [1.82, 2.24) is 30.3 Å². The highest BCUT2D eigenvalue weighted by atomic mass is 16.7. The van der Waals surface area contributed by atoms with Crippen molar-refractivity contribution in [2.24, 2.45) is 0 Å². The van der Waals surface area contributed by atoms with Crippen LogP contribution in [0.1, 0.15) is 30.8 Å². The summed E-state index contributed by atoms with van der Waals surface area (Å²) in [6, 6.07) is 2.00. The number of carbonyl (C=O) groups excluding carboxylic acids is 1. The molecule has 2 N–H and O–H groups in total. The van der Waals surface area contributed by atoms with Gasteiger partial charge in [0.1, 0.15) is 11.5 Å². The average molecular weight is 340 g/mol. The largest absolute Gasteiger partial charge is 0.426 e. The molecule has 0 aromatic carbocycles. The van der Waals surface area contributed by atoms with E-state index in [0.29, 0.717) is 19.6 Å². The number of nitrogens with one attached hydrogen (secondary N) is 2. The Kier molecular flexibility index (Phi) is 3.96. The summed E-state index contributed by atoms with van der Waals surface area (Å²) in [5, 5.41) is 6.40. The Hall–Kier alpha value is -2.74. The highest BCUT2D eigenvalue weighted by Crippen LogP contribution is 2.33. The molecule has 8 heteroatoms. The molecule has 4 rings (SSSR count). The van der Waals surface area contributed by atoms with E-state index in [9.17, 15) is 4.79 Å². The Balaban J connectivity index is 1.69. The van der Waals surface area contributed by atoms with Crippen LogP contribution >= 0.6 is 0 Å². The van der Waals surface area contributed by atoms with Crippen LogP contribution in [0.15, 0.2) is 18.5 Å². The maximum absolute atomic E-state index is 11.6. The molecule has 1 amide bonds. The molecule has 0 spiro atoms. The summed E-state index contributed by atoms with van der Waals surface area (Å²) < 4.78 is 0. The summed E-state index contributed by atoms with van der Waals surface area (Å²) in [6.45, 7) is 5.61. The number of aryl methyl sites for hydroxylation is 1. The van der Waals surface area contributed by atoms with Crippen LogP contribution in [0, 0.1) is 6.92 Å². The molecule has 1 saturated heterocycles. The maximum atomic E-state index is 11.6. The summed E-state index contributed by atoms with van der Waals surface area (Å²) in [4.78, 5) is 33.8. The topological polar surface area (TPSA) is 96.0 Å². The van der Waals surface area contributed by atoms with Crippen molar-refractivity contribution >= 4 is 28.0 Å². The van der Waals surface area contributed by atoms with E-state index in [1.165, 1.54) is 0 Å². The van der Waals surface area contributed by atoms with Crippen LogP contribution in [0.2, 0.25) is 0 Å². The first kappa shape index (κ1) is 15.8. The van der Waals surface area contributed by atoms with E-state index in [0.717, 1.165) is 39.9 Å². The molecule has 1 fully saturated rings. The Morgan fingerprint density at radius 3 is 3.20 bits per heavy atom. The van der Waals surface area contributed by atoms with Crippen molar-refractivity contribution in [3.63, 3.8) is 0 Å². The van der Waals surface area contributed by atoms with Crippen molar-refractivity contribution in [2.75, 3.05) is 19.6 Å². The Bertz CT molecular complexity index is 937. The first-order valence-corrected chi connectivity index (χ1v) is 8.46. The van der Waals surface area contributed by atoms with Gasteiger partial charge in [-0.2, -0.15) is 0 Å². The van der Waals surface area contributed by atoms with Crippen molar-refractivity contribution in [3.05, 3.63) is 30.0 Å². The molecule has 130 valence electrons. The molecular weight excluding hydrogens is 320 g/mol. The fourth-order valence-electron chi connectivity index (χ4n) is 3.40. The lowest BCUT2D eigenvalue weighted by atomic mass is 9.99. The van der Waals surface area contributed by atoms with Gasteiger partial charge in [0.05, 0.1) is 17.4 Å². The van der Waals surface area contributed by atoms with E-state index in [1.54, 1.807) is 11.3 Å². The van der Waals surface area contributed by atoms with Crippen LogP contribution in [-0.2, 0) is 4.84 Å². The normalized spacial score (nSPS) is 18.1. The number of fused-ring (bicyclic) bond motifs is 3. The van der Waals surface area contributed by atoms with Crippen LogP contribution in [0.3, 0.4) is 0 Å². The second-order valence-corrected chi connectivity index (χ2v) is 6.20. The van der Waals surface area contributed by atoms with E-state index >= 15 is 0 Å². The molecule has 0 aliphatic carbocycles. The van der Waals surface area contributed by atoms with Gasteiger partial charge >= 0.3 is 6.09 Å². The standard InChI is InChI=1S/C17H20N6O2/c1-3-18-17(24)25-23-7-5-11(9-23)15-14-12-4-6-19-16(12)20-8-13(14)21-10(2)22-15/h4,6,8,11H,3,5,7,9H2,1-2H3,(H,18,24)(H,19,20). The Morgan fingerprint density at radius 1 is 1.48 bits per heavy atom. The van der Waals surface area contributed by atoms with Gasteiger partial charge in [-0.15, -0.1) is 5.06 Å². The third-order valence-electron chi connectivity index (χ3n) is 4.46. The molecule has 0 radical (unpaired) electrons. The lowest BCUT2D eigenvalue weighted by Crippen LogP contribution is -2.32. The van der Waals surface area contributed by atoms with Gasteiger partial charge < -0.3 is 15.1 Å². The molecule has 3 aromatic rings. The molecule has 3 aromatic heterocycles. The van der Waals surface area contributed by atoms with Crippen molar-refractivity contribution in [3.8, 4) is 0 Å². The fourth-order valence-corrected chi connectivity index (χ4v) is 3.40. The minimum atomic E-state index is -0.413. The highest BCUT2D eigenvalue weighted by Gasteiger charge is 2.30. The van der Waals surface area contributed by atoms with Crippen molar-refractivity contribution < 1.29 is 9.63 Å². The molecule has 0 bridgehead atoms. The number of hydrogen-bond donors (Lipinski definition) is 2. The van der Waals surface area contributed by atoms with Crippen LogP contribution in [0.5, 0.6) is 0 Å². The van der Waals surface area contributed by atoms with Gasteiger partial charge in [0.2, 0.25) is 0 Å². The summed E-state index contributed by atoms with van der Waals surface area (Å²) in [6.07, 6.45) is 4.12. The first-order valence-electron chi connectivity index (χ1n) is 8.46. The van der Waals surface area contributed by atoms with Gasteiger partial charge in [-0.05, 0) is 26.3 Å². The summed E-state index contributed by atoms with van der Waals surface area (Å²) in [5.41, 5.74) is 2.67. The first-order chi connectivity index (χ1) is 12.2. The number of aromatic amines is 1. The van der Waals surface area contributed by atoms with E-state index in [-0.39, 0.29) is 5.92 Å². The second kappa shape index (κ2) is 6.29. The predicted molar refractivity (Wildman–Crippen MR) is 93.0 cm³/mol. The molecule has 1 aliphatic rings. The number of hydrogen-bond acceptors (Lipinski definition) is 6. The summed E-state index contributed by atoms with van der Waals surface area (Å²) >= 11 is 0. The van der Waals surface area contributed by atoms with Crippen molar-refractivity contribution in [1.29, 1.82) is 0 Å². The van der Waals surface area contributed by atoms with Gasteiger partial charge in [-0.3, -0.25) is 0 Å². The number of pyridine rings is 1. The maximum Gasteiger partial charge on any atom is 0.426 e. The fraction of sp³-hybridized carbons (Fsp3) is 0.412. The Morgan fingerprint density at radius 2 is 2.36 bits per heavy atom. The Labute approximate surface area is 144 Å². The third-order valence-corrected chi connectivity index (χ3v) is 4.46. The lowest BCUT2D eigenvalue weighted by molar-refractivity contribution is -0.0813. The number of amides is 1. The number of rotatable bonds is 3. The number of carbonyl (C=O) groups is 1. The zero-order valence-electron chi connectivity index (χ0n) is 14.2. The molecule has 1 aliphatic heterocycles. The molecule has 8 nitrogen and oxygen atoms in total. The molecule has 1 unspecified atom stereocenters. The van der Waals surface area contributed by atoms with Crippen LogP contribution in [0.4, 0.5) is 4.79 Å². The average Bonchev–Trinajstić information content (AvgIpc) is 3.22. The number of nitrogens with zero attached hydrogens (tertiary/aromatic N) is 4. The minimum Gasteiger partial charge on any atom is -0.351 e. The van der Waals surface area contributed by atoms with E-state index in [2.05, 4.69) is 20.3 Å². The summed E-state index contributed by atoms with van der Waals surface area (Å²) in [7, 11) is 0. The van der Waals surface area contributed by atoms with Gasteiger partial charge in [-0.25, -0.2) is 19.7 Å².